The Kier molecular flexibility index (Phi) is 3.82. The normalized spacial score (nSPS) is 11.8. The number of hydrogen-bond acceptors (Lipinski definition) is 3. The van der Waals surface area contributed by atoms with Crippen molar-refractivity contribution in [2.45, 2.75) is 33.3 Å². The molecule has 1 heterocycles. The van der Waals surface area contributed by atoms with Crippen LogP contribution in [0.1, 0.15) is 32.2 Å². The lowest BCUT2D eigenvalue weighted by Crippen LogP contribution is -2.22. The molecule has 86 valence electrons. The minimum Gasteiger partial charge on any atom is -0.457 e. The van der Waals surface area contributed by atoms with Crippen molar-refractivity contribution in [1.82, 2.24) is 4.98 Å². The van der Waals surface area contributed by atoms with Crippen LogP contribution in [0, 0.1) is 6.92 Å². The molecule has 0 aliphatic heterocycles. The first-order valence-corrected chi connectivity index (χ1v) is 5.21. The van der Waals surface area contributed by atoms with E-state index in [-0.39, 0.29) is 5.97 Å². The fourth-order valence-electron chi connectivity index (χ4n) is 1.15. The molecule has 0 radical (unpaired) electrons. The van der Waals surface area contributed by atoms with Crippen LogP contribution in [-0.4, -0.2) is 16.6 Å². The Morgan fingerprint density at radius 3 is 2.62 bits per heavy atom. The van der Waals surface area contributed by atoms with Gasteiger partial charge in [0.15, 0.2) is 0 Å². The molecular weight excluding hydrogens is 202 g/mol. The van der Waals surface area contributed by atoms with Gasteiger partial charge in [0.05, 0.1) is 5.69 Å². The molecule has 3 heteroatoms. The smallest absolute Gasteiger partial charge is 0.331 e. The van der Waals surface area contributed by atoms with Gasteiger partial charge in [0.1, 0.15) is 5.60 Å². The summed E-state index contributed by atoms with van der Waals surface area (Å²) >= 11 is 0. The predicted molar refractivity (Wildman–Crippen MR) is 63.9 cm³/mol. The number of rotatable bonds is 2. The molecule has 0 aliphatic rings. The fourth-order valence-corrected chi connectivity index (χ4v) is 1.15. The molecular formula is C13H17NO2. The monoisotopic (exact) mass is 219 g/mol. The number of pyridine rings is 1. The van der Waals surface area contributed by atoms with Crippen LogP contribution in [0.4, 0.5) is 0 Å². The number of hydrogen-bond donors (Lipinski definition) is 0. The Morgan fingerprint density at radius 2 is 2.06 bits per heavy atom. The molecule has 1 aromatic heterocycles. The molecule has 0 bridgehead atoms. The van der Waals surface area contributed by atoms with Crippen molar-refractivity contribution in [3.05, 3.63) is 35.7 Å². The zero-order valence-corrected chi connectivity index (χ0v) is 10.2. The Balaban J connectivity index is 2.64. The third-order valence-corrected chi connectivity index (χ3v) is 1.71. The summed E-state index contributed by atoms with van der Waals surface area (Å²) < 4.78 is 5.14. The van der Waals surface area contributed by atoms with Gasteiger partial charge in [-0.1, -0.05) is 6.07 Å². The average Bonchev–Trinajstić information content (AvgIpc) is 2.12. The van der Waals surface area contributed by atoms with Crippen molar-refractivity contribution >= 4 is 12.0 Å². The van der Waals surface area contributed by atoms with Crippen molar-refractivity contribution in [1.29, 1.82) is 0 Å². The Bertz CT molecular complexity index is 403. The predicted octanol–water partition coefficient (Wildman–Crippen LogP) is 2.74. The SMILES string of the molecule is Cc1cccc(/C=C/C(=O)OC(C)(C)C)n1. The van der Waals surface area contributed by atoms with E-state index in [1.54, 1.807) is 6.08 Å². The van der Waals surface area contributed by atoms with Crippen LogP contribution in [0.25, 0.3) is 6.08 Å². The van der Waals surface area contributed by atoms with Gasteiger partial charge in [-0.25, -0.2) is 4.79 Å². The number of carbonyl (C=O) groups is 1. The maximum absolute atomic E-state index is 11.4. The van der Waals surface area contributed by atoms with Crippen LogP contribution < -0.4 is 0 Å². The first kappa shape index (κ1) is 12.4. The molecule has 0 saturated heterocycles. The molecule has 1 rings (SSSR count). The fraction of sp³-hybridized carbons (Fsp3) is 0.385. The van der Waals surface area contributed by atoms with E-state index in [4.69, 9.17) is 4.74 Å². The molecule has 0 fully saturated rings. The highest BCUT2D eigenvalue weighted by atomic mass is 16.6. The number of esters is 1. The highest BCUT2D eigenvalue weighted by molar-refractivity contribution is 5.86. The van der Waals surface area contributed by atoms with Gasteiger partial charge in [-0.2, -0.15) is 0 Å². The van der Waals surface area contributed by atoms with E-state index in [0.29, 0.717) is 0 Å². The summed E-state index contributed by atoms with van der Waals surface area (Å²) in [5, 5.41) is 0. The average molecular weight is 219 g/mol. The molecule has 1 aromatic rings. The largest absolute Gasteiger partial charge is 0.457 e. The lowest BCUT2D eigenvalue weighted by atomic mass is 10.2. The Labute approximate surface area is 96.2 Å². The van der Waals surface area contributed by atoms with E-state index in [0.717, 1.165) is 11.4 Å². The molecule has 0 atom stereocenters. The topological polar surface area (TPSA) is 39.2 Å². The van der Waals surface area contributed by atoms with Crippen LogP contribution in [0.15, 0.2) is 24.3 Å². The van der Waals surface area contributed by atoms with E-state index in [1.807, 2.05) is 45.9 Å². The maximum Gasteiger partial charge on any atom is 0.331 e. The summed E-state index contributed by atoms with van der Waals surface area (Å²) in [6.07, 6.45) is 3.05. The van der Waals surface area contributed by atoms with Crippen LogP contribution in [0.5, 0.6) is 0 Å². The zero-order chi connectivity index (χ0) is 12.2. The molecule has 3 nitrogen and oxygen atoms in total. The number of ether oxygens (including phenoxy) is 1. The van der Waals surface area contributed by atoms with Crippen LogP contribution in [0.3, 0.4) is 0 Å². The highest BCUT2D eigenvalue weighted by Gasteiger charge is 2.13. The number of aromatic nitrogens is 1. The highest BCUT2D eigenvalue weighted by Crippen LogP contribution is 2.08. The first-order valence-electron chi connectivity index (χ1n) is 5.21. The first-order chi connectivity index (χ1) is 7.37. The van der Waals surface area contributed by atoms with E-state index in [1.165, 1.54) is 6.08 Å². The van der Waals surface area contributed by atoms with Crippen LogP contribution in [-0.2, 0) is 9.53 Å². The second-order valence-corrected chi connectivity index (χ2v) is 4.57. The summed E-state index contributed by atoms with van der Waals surface area (Å²) in [6.45, 7) is 7.42. The molecule has 0 spiro atoms. The minimum absolute atomic E-state index is 0.351. The third kappa shape index (κ3) is 4.73. The Hall–Kier alpha value is -1.64. The summed E-state index contributed by atoms with van der Waals surface area (Å²) in [4.78, 5) is 15.6. The van der Waals surface area contributed by atoms with Crippen molar-refractivity contribution in [3.63, 3.8) is 0 Å². The standard InChI is InChI=1S/C13H17NO2/c1-10-6-5-7-11(14-10)8-9-12(15)16-13(2,3)4/h5-9H,1-4H3/b9-8+. The van der Waals surface area contributed by atoms with Gasteiger partial charge in [0, 0.05) is 11.8 Å². The summed E-state index contributed by atoms with van der Waals surface area (Å²) in [5.74, 6) is -0.351. The van der Waals surface area contributed by atoms with Gasteiger partial charge < -0.3 is 4.74 Å². The van der Waals surface area contributed by atoms with Gasteiger partial charge in [0.2, 0.25) is 0 Å². The van der Waals surface area contributed by atoms with Gasteiger partial charge in [-0.15, -0.1) is 0 Å². The molecule has 0 aromatic carbocycles. The molecule has 16 heavy (non-hydrogen) atoms. The van der Waals surface area contributed by atoms with E-state index in [2.05, 4.69) is 4.98 Å². The number of nitrogens with zero attached hydrogens (tertiary/aromatic N) is 1. The number of carbonyl (C=O) groups excluding carboxylic acids is 1. The molecule has 0 amide bonds. The van der Waals surface area contributed by atoms with Gasteiger partial charge >= 0.3 is 5.97 Å². The van der Waals surface area contributed by atoms with E-state index in [9.17, 15) is 4.79 Å². The summed E-state index contributed by atoms with van der Waals surface area (Å²) in [7, 11) is 0. The van der Waals surface area contributed by atoms with Crippen LogP contribution >= 0.6 is 0 Å². The molecule has 0 aliphatic carbocycles. The Morgan fingerprint density at radius 1 is 1.38 bits per heavy atom. The van der Waals surface area contributed by atoms with Crippen molar-refractivity contribution in [2.24, 2.45) is 0 Å². The van der Waals surface area contributed by atoms with E-state index < -0.39 is 5.60 Å². The van der Waals surface area contributed by atoms with Crippen molar-refractivity contribution < 1.29 is 9.53 Å². The van der Waals surface area contributed by atoms with Gasteiger partial charge in [-0.3, -0.25) is 4.98 Å². The minimum atomic E-state index is -0.457. The van der Waals surface area contributed by atoms with Crippen molar-refractivity contribution in [2.75, 3.05) is 0 Å². The van der Waals surface area contributed by atoms with Crippen molar-refractivity contribution in [3.8, 4) is 0 Å². The third-order valence-electron chi connectivity index (χ3n) is 1.71. The molecule has 0 saturated carbocycles. The lowest BCUT2D eigenvalue weighted by molar-refractivity contribution is -0.148. The second-order valence-electron chi connectivity index (χ2n) is 4.57. The zero-order valence-electron chi connectivity index (χ0n) is 10.2. The number of aryl methyl sites for hydroxylation is 1. The maximum atomic E-state index is 11.4. The van der Waals surface area contributed by atoms with Gasteiger partial charge in [0.25, 0.3) is 0 Å². The summed E-state index contributed by atoms with van der Waals surface area (Å²) in [5.41, 5.74) is 1.22. The van der Waals surface area contributed by atoms with E-state index >= 15 is 0 Å². The van der Waals surface area contributed by atoms with Gasteiger partial charge in [-0.05, 0) is 45.9 Å². The quantitative estimate of drug-likeness (QED) is 0.567. The lowest BCUT2D eigenvalue weighted by Gasteiger charge is -2.17. The summed E-state index contributed by atoms with van der Waals surface area (Å²) in [6, 6.07) is 5.65. The molecule has 0 unspecified atom stereocenters. The van der Waals surface area contributed by atoms with Crippen LogP contribution in [0.2, 0.25) is 0 Å². The molecule has 0 N–H and O–H groups in total. The second kappa shape index (κ2) is 4.92.